The first-order valence-electron chi connectivity index (χ1n) is 5.43. The van der Waals surface area contributed by atoms with Crippen LogP contribution in [0.5, 0.6) is 17.2 Å². The quantitative estimate of drug-likeness (QED) is 0.667. The summed E-state index contributed by atoms with van der Waals surface area (Å²) in [6, 6.07) is 2.39. The van der Waals surface area contributed by atoms with Crippen LogP contribution in [0, 0.1) is 0 Å². The molecule has 18 heavy (non-hydrogen) atoms. The average molecular weight is 257 g/mol. The van der Waals surface area contributed by atoms with Crippen LogP contribution in [0.3, 0.4) is 0 Å². The Kier molecular flexibility index (Phi) is 5.21. The van der Waals surface area contributed by atoms with Gasteiger partial charge in [0.2, 0.25) is 0 Å². The Bertz CT molecular complexity index is 396. The van der Waals surface area contributed by atoms with E-state index in [1.807, 2.05) is 0 Å². The van der Waals surface area contributed by atoms with E-state index >= 15 is 0 Å². The molecule has 0 radical (unpaired) electrons. The first kappa shape index (κ1) is 14.6. The molecule has 0 aromatic heterocycles. The van der Waals surface area contributed by atoms with E-state index < -0.39 is 12.1 Å². The fraction of sp³-hybridized carbons (Fsp3) is 0.500. The van der Waals surface area contributed by atoms with E-state index in [2.05, 4.69) is 0 Å². The first-order valence-corrected chi connectivity index (χ1v) is 5.43. The highest BCUT2D eigenvalue weighted by molar-refractivity contribution is 5.51. The van der Waals surface area contributed by atoms with Gasteiger partial charge in [0.1, 0.15) is 5.75 Å². The summed E-state index contributed by atoms with van der Waals surface area (Å²) in [5.41, 5.74) is 6.05. The molecule has 0 aliphatic carbocycles. The van der Waals surface area contributed by atoms with E-state index in [1.165, 1.54) is 21.3 Å². The maximum Gasteiger partial charge on any atom is 0.164 e. The van der Waals surface area contributed by atoms with Gasteiger partial charge in [-0.3, -0.25) is 0 Å². The lowest BCUT2D eigenvalue weighted by Gasteiger charge is -2.21. The fourth-order valence-corrected chi connectivity index (χ4v) is 1.61. The van der Waals surface area contributed by atoms with Crippen LogP contribution >= 0.6 is 0 Å². The van der Waals surface area contributed by atoms with Gasteiger partial charge in [0.25, 0.3) is 0 Å². The zero-order valence-electron chi connectivity index (χ0n) is 10.7. The molecule has 1 aromatic carbocycles. The number of aliphatic hydroxyl groups is 2. The molecule has 2 unspecified atom stereocenters. The van der Waals surface area contributed by atoms with Crippen LogP contribution in [-0.2, 0) is 0 Å². The molecular weight excluding hydrogens is 238 g/mol. The maximum atomic E-state index is 10.0. The molecule has 1 aromatic rings. The summed E-state index contributed by atoms with van der Waals surface area (Å²) in [6.07, 6.45) is -1.05. The van der Waals surface area contributed by atoms with Crippen LogP contribution in [0.25, 0.3) is 0 Å². The summed E-state index contributed by atoms with van der Waals surface area (Å²) in [5.74, 6) is 1.37. The molecule has 2 atom stereocenters. The summed E-state index contributed by atoms with van der Waals surface area (Å²) in [6.45, 7) is -0.335. The second-order valence-electron chi connectivity index (χ2n) is 3.74. The molecule has 6 nitrogen and oxygen atoms in total. The lowest BCUT2D eigenvalue weighted by molar-refractivity contribution is 0.107. The molecule has 0 spiro atoms. The van der Waals surface area contributed by atoms with Crippen molar-refractivity contribution in [2.75, 3.05) is 27.9 Å². The number of rotatable bonds is 6. The number of aliphatic hydroxyl groups excluding tert-OH is 2. The van der Waals surface area contributed by atoms with Gasteiger partial charge < -0.3 is 30.2 Å². The molecule has 0 aliphatic heterocycles. The Labute approximate surface area is 106 Å². The number of hydrogen-bond donors (Lipinski definition) is 3. The minimum atomic E-state index is -1.05. The van der Waals surface area contributed by atoms with Crippen molar-refractivity contribution >= 4 is 0 Å². The third-order valence-electron chi connectivity index (χ3n) is 2.67. The summed E-state index contributed by atoms with van der Waals surface area (Å²) < 4.78 is 15.4. The molecule has 6 heteroatoms. The maximum absolute atomic E-state index is 10.0. The lowest BCUT2D eigenvalue weighted by Crippen LogP contribution is -2.32. The van der Waals surface area contributed by atoms with Crippen LogP contribution in [0.4, 0.5) is 0 Å². The largest absolute Gasteiger partial charge is 0.496 e. The highest BCUT2D eigenvalue weighted by Crippen LogP contribution is 2.37. The summed E-state index contributed by atoms with van der Waals surface area (Å²) in [4.78, 5) is 0. The SMILES string of the molecule is COc1cc(OC)c(C(O)C(N)CO)cc1OC. The third-order valence-corrected chi connectivity index (χ3v) is 2.67. The van der Waals surface area contributed by atoms with Crippen molar-refractivity contribution < 1.29 is 24.4 Å². The van der Waals surface area contributed by atoms with E-state index in [-0.39, 0.29) is 6.61 Å². The topological polar surface area (TPSA) is 94.2 Å². The van der Waals surface area contributed by atoms with Crippen LogP contribution in [0.1, 0.15) is 11.7 Å². The van der Waals surface area contributed by atoms with Crippen LogP contribution in [0.2, 0.25) is 0 Å². The van der Waals surface area contributed by atoms with Crippen molar-refractivity contribution in [1.29, 1.82) is 0 Å². The number of nitrogens with two attached hydrogens (primary N) is 1. The first-order chi connectivity index (χ1) is 8.58. The Balaban J connectivity index is 3.24. The molecule has 0 saturated heterocycles. The van der Waals surface area contributed by atoms with Crippen LogP contribution in [-0.4, -0.2) is 44.2 Å². The van der Waals surface area contributed by atoms with Gasteiger partial charge in [0.05, 0.1) is 40.1 Å². The number of hydrogen-bond acceptors (Lipinski definition) is 6. The molecule has 4 N–H and O–H groups in total. The zero-order chi connectivity index (χ0) is 13.7. The van der Waals surface area contributed by atoms with Gasteiger partial charge in [-0.2, -0.15) is 0 Å². The Morgan fingerprint density at radius 2 is 1.56 bits per heavy atom. The monoisotopic (exact) mass is 257 g/mol. The Hall–Kier alpha value is -1.50. The minimum absolute atomic E-state index is 0.335. The summed E-state index contributed by atoms with van der Waals surface area (Å²) in [5, 5.41) is 19.0. The van der Waals surface area contributed by atoms with Crippen molar-refractivity contribution in [3.05, 3.63) is 17.7 Å². The standard InChI is InChI=1S/C12H19NO5/c1-16-9-5-11(18-3)10(17-2)4-7(9)12(15)8(13)6-14/h4-5,8,12,14-15H,6,13H2,1-3H3. The van der Waals surface area contributed by atoms with Crippen molar-refractivity contribution in [1.82, 2.24) is 0 Å². The molecule has 102 valence electrons. The second-order valence-corrected chi connectivity index (χ2v) is 3.74. The van der Waals surface area contributed by atoms with E-state index in [9.17, 15) is 5.11 Å². The average Bonchev–Trinajstić information content (AvgIpc) is 2.43. The van der Waals surface area contributed by atoms with Gasteiger partial charge in [-0.1, -0.05) is 0 Å². The highest BCUT2D eigenvalue weighted by Gasteiger charge is 2.22. The van der Waals surface area contributed by atoms with Gasteiger partial charge >= 0.3 is 0 Å². The molecule has 0 amide bonds. The lowest BCUT2D eigenvalue weighted by atomic mass is 10.0. The molecule has 1 rings (SSSR count). The summed E-state index contributed by atoms with van der Waals surface area (Å²) >= 11 is 0. The highest BCUT2D eigenvalue weighted by atomic mass is 16.5. The molecule has 0 aliphatic rings. The van der Waals surface area contributed by atoms with Gasteiger partial charge in [-0.15, -0.1) is 0 Å². The van der Waals surface area contributed by atoms with Crippen LogP contribution in [0.15, 0.2) is 12.1 Å². The predicted molar refractivity (Wildman–Crippen MR) is 66.1 cm³/mol. The van der Waals surface area contributed by atoms with Gasteiger partial charge in [0.15, 0.2) is 11.5 Å². The van der Waals surface area contributed by atoms with Gasteiger partial charge in [-0.25, -0.2) is 0 Å². The van der Waals surface area contributed by atoms with Crippen molar-refractivity contribution in [2.45, 2.75) is 12.1 Å². The van der Waals surface area contributed by atoms with Gasteiger partial charge in [0, 0.05) is 11.6 Å². The number of methoxy groups -OCH3 is 3. The number of ether oxygens (including phenoxy) is 3. The second kappa shape index (κ2) is 6.44. The van der Waals surface area contributed by atoms with Crippen molar-refractivity contribution in [3.8, 4) is 17.2 Å². The predicted octanol–water partition coefficient (Wildman–Crippen LogP) is 0.0654. The van der Waals surface area contributed by atoms with Gasteiger partial charge in [-0.05, 0) is 6.07 Å². The Morgan fingerprint density at radius 1 is 1.06 bits per heavy atom. The zero-order valence-corrected chi connectivity index (χ0v) is 10.7. The smallest absolute Gasteiger partial charge is 0.164 e. The molecule has 0 saturated carbocycles. The minimum Gasteiger partial charge on any atom is -0.496 e. The van der Waals surface area contributed by atoms with E-state index in [0.29, 0.717) is 22.8 Å². The number of benzene rings is 1. The van der Waals surface area contributed by atoms with E-state index in [0.717, 1.165) is 0 Å². The van der Waals surface area contributed by atoms with E-state index in [4.69, 9.17) is 25.1 Å². The van der Waals surface area contributed by atoms with Crippen molar-refractivity contribution in [2.24, 2.45) is 5.73 Å². The van der Waals surface area contributed by atoms with E-state index in [1.54, 1.807) is 12.1 Å². The molecule has 0 heterocycles. The molecular formula is C12H19NO5. The van der Waals surface area contributed by atoms with Crippen molar-refractivity contribution in [3.63, 3.8) is 0 Å². The Morgan fingerprint density at radius 3 is 2.00 bits per heavy atom. The molecule has 0 bridgehead atoms. The van der Waals surface area contributed by atoms with Crippen LogP contribution < -0.4 is 19.9 Å². The third kappa shape index (κ3) is 2.84. The fourth-order valence-electron chi connectivity index (χ4n) is 1.61. The normalized spacial score (nSPS) is 13.9. The molecule has 0 fully saturated rings. The summed E-state index contributed by atoms with van der Waals surface area (Å²) in [7, 11) is 4.47.